The third-order valence-corrected chi connectivity index (χ3v) is 2.86. The number of hydrogen-bond donors (Lipinski definition) is 2. The summed E-state index contributed by atoms with van der Waals surface area (Å²) >= 11 is 5.82. The molecule has 2 aromatic rings. The number of rotatable bonds is 5. The van der Waals surface area contributed by atoms with E-state index in [9.17, 15) is 5.11 Å². The van der Waals surface area contributed by atoms with Gasteiger partial charge in [-0.3, -0.25) is 0 Å². The van der Waals surface area contributed by atoms with Crippen LogP contribution in [0.25, 0.3) is 12.2 Å². The molecule has 0 saturated carbocycles. The lowest BCUT2D eigenvalue weighted by Crippen LogP contribution is -2.06. The van der Waals surface area contributed by atoms with Crippen molar-refractivity contribution in [3.63, 3.8) is 0 Å². The number of hydrogen-bond acceptors (Lipinski definition) is 4. The van der Waals surface area contributed by atoms with Gasteiger partial charge in [-0.2, -0.15) is 0 Å². The molecule has 2 N–H and O–H groups in total. The third-order valence-electron chi connectivity index (χ3n) is 2.61. The van der Waals surface area contributed by atoms with Gasteiger partial charge in [0.05, 0.1) is 25.5 Å². The van der Waals surface area contributed by atoms with Crippen LogP contribution in [0.15, 0.2) is 24.3 Å². The van der Waals surface area contributed by atoms with Crippen molar-refractivity contribution in [2.45, 2.75) is 13.2 Å². The maximum Gasteiger partial charge on any atom is 0.115 e. The molecule has 100 valence electrons. The number of nitrogens with zero attached hydrogens (tertiary/aromatic N) is 3. The molecule has 0 aliphatic carbocycles. The van der Waals surface area contributed by atoms with Gasteiger partial charge in [-0.1, -0.05) is 35.0 Å². The summed E-state index contributed by atoms with van der Waals surface area (Å²) in [5.41, 5.74) is 2.15. The van der Waals surface area contributed by atoms with Gasteiger partial charge in [-0.05, 0) is 23.8 Å². The van der Waals surface area contributed by atoms with Crippen molar-refractivity contribution in [1.29, 1.82) is 0 Å². The van der Waals surface area contributed by atoms with E-state index in [1.807, 2.05) is 24.3 Å². The van der Waals surface area contributed by atoms with Crippen molar-refractivity contribution in [1.82, 2.24) is 15.0 Å². The van der Waals surface area contributed by atoms with Crippen LogP contribution in [0.1, 0.15) is 17.0 Å². The molecule has 2 rings (SSSR count). The largest absolute Gasteiger partial charge is 0.394 e. The minimum Gasteiger partial charge on any atom is -0.394 e. The van der Waals surface area contributed by atoms with Gasteiger partial charge in [0.15, 0.2) is 0 Å². The average molecular weight is 280 g/mol. The molecule has 0 bridgehead atoms. The number of benzene rings is 1. The fourth-order valence-corrected chi connectivity index (χ4v) is 1.79. The monoisotopic (exact) mass is 279 g/mol. The molecule has 1 heterocycles. The first-order chi connectivity index (χ1) is 9.24. The zero-order valence-electron chi connectivity index (χ0n) is 10.2. The van der Waals surface area contributed by atoms with E-state index in [2.05, 4.69) is 10.3 Å². The molecule has 1 aromatic heterocycles. The quantitative estimate of drug-likeness (QED) is 0.872. The summed E-state index contributed by atoms with van der Waals surface area (Å²) in [6, 6.07) is 7.38. The minimum atomic E-state index is -0.189. The van der Waals surface area contributed by atoms with Gasteiger partial charge in [0.2, 0.25) is 0 Å². The van der Waals surface area contributed by atoms with E-state index < -0.39 is 0 Å². The SMILES string of the molecule is OCCn1nnc(CO)c1/C=C/c1ccc(Cl)cc1. The first-order valence-electron chi connectivity index (χ1n) is 5.82. The standard InChI is InChI=1S/C13H14ClN3O2/c14-11-4-1-10(2-5-11)3-6-13-12(9-19)15-16-17(13)7-8-18/h1-6,18-19H,7-9H2/b6-3+. The van der Waals surface area contributed by atoms with E-state index in [1.54, 1.807) is 16.8 Å². The summed E-state index contributed by atoms with van der Waals surface area (Å²) in [7, 11) is 0. The molecule has 1 aromatic carbocycles. The van der Waals surface area contributed by atoms with Crippen LogP contribution in [0, 0.1) is 0 Å². The molecule has 19 heavy (non-hydrogen) atoms. The Morgan fingerprint density at radius 2 is 1.89 bits per heavy atom. The van der Waals surface area contributed by atoms with Crippen LogP contribution in [0.2, 0.25) is 5.02 Å². The van der Waals surface area contributed by atoms with Gasteiger partial charge in [0, 0.05) is 5.02 Å². The highest BCUT2D eigenvalue weighted by Crippen LogP contribution is 2.14. The molecule has 0 aliphatic heterocycles. The van der Waals surface area contributed by atoms with Crippen LogP contribution >= 0.6 is 11.6 Å². The number of aliphatic hydroxyl groups is 2. The Morgan fingerprint density at radius 1 is 1.16 bits per heavy atom. The summed E-state index contributed by atoms with van der Waals surface area (Å²) in [6.07, 6.45) is 3.69. The van der Waals surface area contributed by atoms with Crippen molar-refractivity contribution in [3.8, 4) is 0 Å². The summed E-state index contributed by atoms with van der Waals surface area (Å²) in [5.74, 6) is 0. The summed E-state index contributed by atoms with van der Waals surface area (Å²) in [6.45, 7) is 0.120. The Morgan fingerprint density at radius 3 is 2.53 bits per heavy atom. The van der Waals surface area contributed by atoms with Gasteiger partial charge in [-0.15, -0.1) is 5.10 Å². The van der Waals surface area contributed by atoms with E-state index >= 15 is 0 Å². The molecule has 5 nitrogen and oxygen atoms in total. The van der Waals surface area contributed by atoms with Crippen molar-refractivity contribution >= 4 is 23.8 Å². The lowest BCUT2D eigenvalue weighted by Gasteiger charge is -2.01. The Balaban J connectivity index is 2.26. The second-order valence-corrected chi connectivity index (χ2v) is 4.35. The first-order valence-corrected chi connectivity index (χ1v) is 6.20. The van der Waals surface area contributed by atoms with Crippen LogP contribution in [-0.4, -0.2) is 31.8 Å². The lowest BCUT2D eigenvalue weighted by molar-refractivity contribution is 0.267. The van der Waals surface area contributed by atoms with E-state index in [4.69, 9.17) is 16.7 Å². The number of halogens is 1. The smallest absolute Gasteiger partial charge is 0.115 e. The van der Waals surface area contributed by atoms with Gasteiger partial charge in [0.1, 0.15) is 5.69 Å². The zero-order chi connectivity index (χ0) is 13.7. The summed E-state index contributed by atoms with van der Waals surface area (Å²) in [4.78, 5) is 0. The minimum absolute atomic E-state index is 0.0317. The molecule has 0 amide bonds. The zero-order valence-corrected chi connectivity index (χ0v) is 11.0. The highest BCUT2D eigenvalue weighted by molar-refractivity contribution is 6.30. The highest BCUT2D eigenvalue weighted by atomic mass is 35.5. The Labute approximate surface area is 115 Å². The Kier molecular flexibility index (Phi) is 4.68. The average Bonchev–Trinajstić information content (AvgIpc) is 2.81. The maximum absolute atomic E-state index is 9.20. The van der Waals surface area contributed by atoms with E-state index in [1.165, 1.54) is 0 Å². The van der Waals surface area contributed by atoms with Crippen molar-refractivity contribution in [3.05, 3.63) is 46.2 Å². The number of aliphatic hydroxyl groups excluding tert-OH is 2. The molecule has 0 radical (unpaired) electrons. The molecule has 0 aliphatic rings. The summed E-state index contributed by atoms with van der Waals surface area (Å²) < 4.78 is 1.55. The van der Waals surface area contributed by atoms with Gasteiger partial charge in [0.25, 0.3) is 0 Å². The van der Waals surface area contributed by atoms with Gasteiger partial charge in [-0.25, -0.2) is 4.68 Å². The first kappa shape index (κ1) is 13.7. The molecule has 0 saturated heterocycles. The van der Waals surface area contributed by atoms with E-state index in [0.717, 1.165) is 5.56 Å². The fourth-order valence-electron chi connectivity index (χ4n) is 1.66. The van der Waals surface area contributed by atoms with Gasteiger partial charge >= 0.3 is 0 Å². The predicted octanol–water partition coefficient (Wildman–Crippen LogP) is 1.59. The fraction of sp³-hybridized carbons (Fsp3) is 0.231. The van der Waals surface area contributed by atoms with Crippen LogP contribution in [-0.2, 0) is 13.2 Å². The molecular formula is C13H14ClN3O2. The maximum atomic E-state index is 9.20. The summed E-state index contributed by atoms with van der Waals surface area (Å²) in [5, 5.41) is 26.6. The molecule has 0 fully saturated rings. The lowest BCUT2D eigenvalue weighted by atomic mass is 10.2. The third kappa shape index (κ3) is 3.41. The molecule has 0 atom stereocenters. The Hall–Kier alpha value is -1.69. The topological polar surface area (TPSA) is 71.2 Å². The van der Waals surface area contributed by atoms with E-state index in [-0.39, 0.29) is 13.2 Å². The van der Waals surface area contributed by atoms with Crippen LogP contribution in [0.3, 0.4) is 0 Å². The molecule has 0 spiro atoms. The molecule has 0 unspecified atom stereocenters. The second kappa shape index (κ2) is 6.47. The highest BCUT2D eigenvalue weighted by Gasteiger charge is 2.08. The van der Waals surface area contributed by atoms with Crippen molar-refractivity contribution in [2.75, 3.05) is 6.61 Å². The predicted molar refractivity (Wildman–Crippen MR) is 73.4 cm³/mol. The van der Waals surface area contributed by atoms with Crippen LogP contribution < -0.4 is 0 Å². The van der Waals surface area contributed by atoms with Crippen LogP contribution in [0.5, 0.6) is 0 Å². The van der Waals surface area contributed by atoms with Gasteiger partial charge < -0.3 is 10.2 Å². The number of aromatic nitrogens is 3. The Bertz CT molecular complexity index is 564. The molecular weight excluding hydrogens is 266 g/mol. The normalized spacial score (nSPS) is 11.3. The molecule has 6 heteroatoms. The van der Waals surface area contributed by atoms with Crippen molar-refractivity contribution in [2.24, 2.45) is 0 Å². The van der Waals surface area contributed by atoms with E-state index in [0.29, 0.717) is 23.0 Å². The van der Waals surface area contributed by atoms with Crippen molar-refractivity contribution < 1.29 is 10.2 Å². The van der Waals surface area contributed by atoms with Crippen LogP contribution in [0.4, 0.5) is 0 Å². The second-order valence-electron chi connectivity index (χ2n) is 3.91.